The van der Waals surface area contributed by atoms with Gasteiger partial charge in [-0.05, 0) is 5.92 Å². The van der Waals surface area contributed by atoms with E-state index >= 15 is 0 Å². The van der Waals surface area contributed by atoms with Gasteiger partial charge in [-0.1, -0.05) is 6.92 Å². The highest BCUT2D eigenvalue weighted by molar-refractivity contribution is 4.50. The van der Waals surface area contributed by atoms with Gasteiger partial charge < -0.3 is 10.2 Å². The molecule has 1 unspecified atom stereocenters. The first-order valence-corrected chi connectivity index (χ1v) is 2.73. The molecular formula is C5H13NO2. The first-order valence-electron chi connectivity index (χ1n) is 2.73. The monoisotopic (exact) mass is 119 g/mol. The van der Waals surface area contributed by atoms with Gasteiger partial charge in [0.05, 0.1) is 6.73 Å². The van der Waals surface area contributed by atoms with Crippen LogP contribution in [0.15, 0.2) is 0 Å². The molecule has 3 N–H and O–H groups in total. The average Bonchev–Trinajstić information content (AvgIpc) is 1.83. The predicted molar refractivity (Wildman–Crippen MR) is 31.3 cm³/mol. The van der Waals surface area contributed by atoms with Gasteiger partial charge in [0, 0.05) is 13.2 Å². The zero-order valence-electron chi connectivity index (χ0n) is 5.09. The molecule has 0 spiro atoms. The normalized spacial score (nSPS) is 13.9. The fourth-order valence-corrected chi connectivity index (χ4v) is 0.375. The average molecular weight is 119 g/mol. The Morgan fingerprint density at radius 1 is 1.50 bits per heavy atom. The minimum atomic E-state index is -0.00958. The van der Waals surface area contributed by atoms with Crippen molar-refractivity contribution >= 4 is 0 Å². The maximum atomic E-state index is 8.44. The molecule has 0 bridgehead atoms. The van der Waals surface area contributed by atoms with Gasteiger partial charge in [-0.25, -0.2) is 0 Å². The van der Waals surface area contributed by atoms with E-state index in [-0.39, 0.29) is 19.3 Å². The summed E-state index contributed by atoms with van der Waals surface area (Å²) in [5.74, 6) is 0.238. The van der Waals surface area contributed by atoms with E-state index < -0.39 is 0 Å². The van der Waals surface area contributed by atoms with E-state index in [2.05, 4.69) is 5.32 Å². The molecule has 0 aliphatic rings. The maximum absolute atomic E-state index is 8.44. The Morgan fingerprint density at radius 2 is 2.12 bits per heavy atom. The van der Waals surface area contributed by atoms with Gasteiger partial charge in [-0.15, -0.1) is 0 Å². The predicted octanol–water partition coefficient (Wildman–Crippen LogP) is -0.846. The highest BCUT2D eigenvalue weighted by Gasteiger charge is 1.95. The van der Waals surface area contributed by atoms with Crippen molar-refractivity contribution in [2.75, 3.05) is 19.9 Å². The summed E-state index contributed by atoms with van der Waals surface area (Å²) in [7, 11) is 0. The second-order valence-electron chi connectivity index (χ2n) is 1.90. The number of aliphatic hydroxyl groups is 2. The first-order chi connectivity index (χ1) is 3.81. The SMILES string of the molecule is CC(CO)CNCO. The van der Waals surface area contributed by atoms with Gasteiger partial charge in [0.2, 0.25) is 0 Å². The molecule has 0 aromatic carbocycles. The highest BCUT2D eigenvalue weighted by atomic mass is 16.3. The summed E-state index contributed by atoms with van der Waals surface area (Å²) in [6, 6.07) is 0. The van der Waals surface area contributed by atoms with Gasteiger partial charge >= 0.3 is 0 Å². The van der Waals surface area contributed by atoms with E-state index in [0.717, 1.165) is 0 Å². The van der Waals surface area contributed by atoms with E-state index in [1.807, 2.05) is 6.92 Å². The Morgan fingerprint density at radius 3 is 2.50 bits per heavy atom. The fraction of sp³-hybridized carbons (Fsp3) is 1.00. The molecule has 3 heteroatoms. The molecule has 0 aromatic heterocycles. The third kappa shape index (κ3) is 4.05. The van der Waals surface area contributed by atoms with Gasteiger partial charge in [0.25, 0.3) is 0 Å². The van der Waals surface area contributed by atoms with E-state index in [9.17, 15) is 0 Å². The van der Waals surface area contributed by atoms with Crippen molar-refractivity contribution in [1.29, 1.82) is 0 Å². The summed E-state index contributed by atoms with van der Waals surface area (Å²) in [5.41, 5.74) is 0. The molecule has 0 rings (SSSR count). The molecule has 0 fully saturated rings. The van der Waals surface area contributed by atoms with Gasteiger partial charge in [0.1, 0.15) is 0 Å². The summed E-state index contributed by atoms with van der Waals surface area (Å²) >= 11 is 0. The summed E-state index contributed by atoms with van der Waals surface area (Å²) in [6.07, 6.45) is 0. The molecule has 3 nitrogen and oxygen atoms in total. The number of rotatable bonds is 4. The Balaban J connectivity index is 2.86. The topological polar surface area (TPSA) is 52.5 Å². The number of aliphatic hydroxyl groups excluding tert-OH is 2. The smallest absolute Gasteiger partial charge is 0.0931 e. The van der Waals surface area contributed by atoms with E-state index in [1.54, 1.807) is 0 Å². The molecule has 50 valence electrons. The number of nitrogens with one attached hydrogen (secondary N) is 1. The van der Waals surface area contributed by atoms with Crippen LogP contribution in [0.25, 0.3) is 0 Å². The van der Waals surface area contributed by atoms with Crippen LogP contribution in [0.5, 0.6) is 0 Å². The first kappa shape index (κ1) is 7.88. The minimum absolute atomic E-state index is 0.00958. The van der Waals surface area contributed by atoms with Crippen LogP contribution in [0, 0.1) is 5.92 Å². The summed E-state index contributed by atoms with van der Waals surface area (Å²) in [4.78, 5) is 0. The number of hydrogen-bond acceptors (Lipinski definition) is 3. The van der Waals surface area contributed by atoms with Crippen molar-refractivity contribution in [2.24, 2.45) is 5.92 Å². The molecule has 1 atom stereocenters. The molecule has 0 saturated carbocycles. The summed E-state index contributed by atoms with van der Waals surface area (Å²) in [5, 5.41) is 19.4. The van der Waals surface area contributed by atoms with Crippen LogP contribution in [-0.4, -0.2) is 30.1 Å². The van der Waals surface area contributed by atoms with Crippen LogP contribution in [0.1, 0.15) is 6.92 Å². The van der Waals surface area contributed by atoms with Crippen molar-refractivity contribution < 1.29 is 10.2 Å². The van der Waals surface area contributed by atoms with Gasteiger partial charge in [-0.3, -0.25) is 5.32 Å². The third-order valence-electron chi connectivity index (χ3n) is 0.916. The van der Waals surface area contributed by atoms with Crippen LogP contribution in [0.4, 0.5) is 0 Å². The lowest BCUT2D eigenvalue weighted by Gasteiger charge is -2.05. The molecule has 0 heterocycles. The van der Waals surface area contributed by atoms with Crippen molar-refractivity contribution in [3.63, 3.8) is 0 Å². The van der Waals surface area contributed by atoms with Gasteiger partial charge in [0.15, 0.2) is 0 Å². The second-order valence-corrected chi connectivity index (χ2v) is 1.90. The lowest BCUT2D eigenvalue weighted by atomic mass is 10.2. The minimum Gasteiger partial charge on any atom is -0.396 e. The molecular weight excluding hydrogens is 106 g/mol. The van der Waals surface area contributed by atoms with Gasteiger partial charge in [-0.2, -0.15) is 0 Å². The molecule has 0 radical (unpaired) electrons. The summed E-state index contributed by atoms with van der Waals surface area (Å²) < 4.78 is 0. The third-order valence-corrected chi connectivity index (χ3v) is 0.916. The Kier molecular flexibility index (Phi) is 4.95. The Hall–Kier alpha value is -0.120. The van der Waals surface area contributed by atoms with Crippen LogP contribution in [0.2, 0.25) is 0 Å². The highest BCUT2D eigenvalue weighted by Crippen LogP contribution is 1.86. The van der Waals surface area contributed by atoms with E-state index in [4.69, 9.17) is 10.2 Å². The van der Waals surface area contributed by atoms with Crippen LogP contribution < -0.4 is 5.32 Å². The summed E-state index contributed by atoms with van der Waals surface area (Å²) in [6.45, 7) is 2.74. The lowest BCUT2D eigenvalue weighted by molar-refractivity contribution is 0.208. The van der Waals surface area contributed by atoms with Crippen LogP contribution in [0.3, 0.4) is 0 Å². The zero-order valence-corrected chi connectivity index (χ0v) is 5.09. The van der Waals surface area contributed by atoms with E-state index in [1.165, 1.54) is 0 Å². The van der Waals surface area contributed by atoms with Crippen molar-refractivity contribution in [1.82, 2.24) is 5.32 Å². The molecule has 0 saturated heterocycles. The van der Waals surface area contributed by atoms with E-state index in [0.29, 0.717) is 6.54 Å². The molecule has 0 aliphatic carbocycles. The molecule has 8 heavy (non-hydrogen) atoms. The largest absolute Gasteiger partial charge is 0.396 e. The molecule has 0 amide bonds. The lowest BCUT2D eigenvalue weighted by Crippen LogP contribution is -2.23. The van der Waals surface area contributed by atoms with Crippen LogP contribution >= 0.6 is 0 Å². The quantitative estimate of drug-likeness (QED) is 0.423. The molecule has 0 aliphatic heterocycles. The zero-order chi connectivity index (χ0) is 6.41. The van der Waals surface area contributed by atoms with Crippen molar-refractivity contribution in [3.05, 3.63) is 0 Å². The second kappa shape index (κ2) is 5.03. The number of hydrogen-bond donors (Lipinski definition) is 3. The van der Waals surface area contributed by atoms with Crippen molar-refractivity contribution in [2.45, 2.75) is 6.92 Å². The molecule has 0 aromatic rings. The maximum Gasteiger partial charge on any atom is 0.0931 e. The Labute approximate surface area is 49.3 Å². The standard InChI is InChI=1S/C5H13NO2/c1-5(3-7)2-6-4-8/h5-8H,2-4H2,1H3. The Bertz CT molecular complexity index is 49.7. The van der Waals surface area contributed by atoms with Crippen molar-refractivity contribution in [3.8, 4) is 0 Å². The fourth-order valence-electron chi connectivity index (χ4n) is 0.375. The van der Waals surface area contributed by atoms with Crippen LogP contribution in [-0.2, 0) is 0 Å².